The summed E-state index contributed by atoms with van der Waals surface area (Å²) in [6.07, 6.45) is 3.95. The zero-order chi connectivity index (χ0) is 13.2. The van der Waals surface area contributed by atoms with Crippen molar-refractivity contribution in [3.05, 3.63) is 12.4 Å². The zero-order valence-electron chi connectivity index (χ0n) is 9.74. The molecule has 0 saturated carbocycles. The standard InChI is InChI=1S/C10H15N3O4S/c14-10(15)2-1-8-3-4-13(7-8)18(16,17)9-5-11-12-6-9/h5-6,8H,1-4,7H2,(H,11,12)(H,14,15). The third-order valence-electron chi connectivity index (χ3n) is 3.13. The molecule has 0 aromatic carbocycles. The molecule has 1 atom stereocenters. The van der Waals surface area contributed by atoms with Gasteiger partial charge >= 0.3 is 5.97 Å². The number of carboxylic acid groups (broad SMARTS) is 1. The van der Waals surface area contributed by atoms with Gasteiger partial charge in [0.2, 0.25) is 10.0 Å². The molecule has 1 aliphatic heterocycles. The van der Waals surface area contributed by atoms with Gasteiger partial charge in [0.25, 0.3) is 0 Å². The molecule has 2 rings (SSSR count). The molecule has 0 amide bonds. The molecule has 1 aromatic heterocycles. The van der Waals surface area contributed by atoms with E-state index in [9.17, 15) is 13.2 Å². The van der Waals surface area contributed by atoms with E-state index in [4.69, 9.17) is 5.11 Å². The molecule has 2 N–H and O–H groups in total. The van der Waals surface area contributed by atoms with Crippen LogP contribution in [-0.4, -0.2) is 47.1 Å². The number of hydrogen-bond acceptors (Lipinski definition) is 4. The largest absolute Gasteiger partial charge is 0.481 e. The van der Waals surface area contributed by atoms with Crippen LogP contribution in [0.1, 0.15) is 19.3 Å². The molecule has 0 spiro atoms. The van der Waals surface area contributed by atoms with Crippen LogP contribution >= 0.6 is 0 Å². The third kappa shape index (κ3) is 2.70. The molecule has 1 aliphatic rings. The first kappa shape index (κ1) is 13.0. The van der Waals surface area contributed by atoms with Crippen LogP contribution < -0.4 is 0 Å². The van der Waals surface area contributed by atoms with Gasteiger partial charge < -0.3 is 5.11 Å². The van der Waals surface area contributed by atoms with Crippen LogP contribution in [0.15, 0.2) is 17.3 Å². The topological polar surface area (TPSA) is 103 Å². The Labute approximate surface area is 105 Å². The number of sulfonamides is 1. The highest BCUT2D eigenvalue weighted by atomic mass is 32.2. The number of carboxylic acids is 1. The number of carbonyl (C=O) groups is 1. The number of H-pyrrole nitrogens is 1. The van der Waals surface area contributed by atoms with E-state index in [2.05, 4.69) is 10.2 Å². The third-order valence-corrected chi connectivity index (χ3v) is 4.96. The molecule has 1 aromatic rings. The number of nitrogens with zero attached hydrogens (tertiary/aromatic N) is 2. The Morgan fingerprint density at radius 3 is 3.00 bits per heavy atom. The highest BCUT2D eigenvalue weighted by Crippen LogP contribution is 2.26. The number of rotatable bonds is 5. The van der Waals surface area contributed by atoms with Crippen LogP contribution in [0.25, 0.3) is 0 Å². The quantitative estimate of drug-likeness (QED) is 0.802. The van der Waals surface area contributed by atoms with E-state index in [0.29, 0.717) is 25.9 Å². The van der Waals surface area contributed by atoms with E-state index < -0.39 is 16.0 Å². The van der Waals surface area contributed by atoms with Crippen molar-refractivity contribution in [2.75, 3.05) is 13.1 Å². The van der Waals surface area contributed by atoms with Crippen LogP contribution in [0, 0.1) is 5.92 Å². The molecule has 0 bridgehead atoms. The molecular weight excluding hydrogens is 258 g/mol. The second-order valence-electron chi connectivity index (χ2n) is 4.38. The van der Waals surface area contributed by atoms with Gasteiger partial charge in [-0.25, -0.2) is 8.42 Å². The molecule has 7 nitrogen and oxygen atoms in total. The Kier molecular flexibility index (Phi) is 3.67. The highest BCUT2D eigenvalue weighted by molar-refractivity contribution is 7.89. The van der Waals surface area contributed by atoms with Crippen molar-refractivity contribution < 1.29 is 18.3 Å². The van der Waals surface area contributed by atoms with Crippen molar-refractivity contribution in [3.63, 3.8) is 0 Å². The summed E-state index contributed by atoms with van der Waals surface area (Å²) in [5.74, 6) is -0.714. The monoisotopic (exact) mass is 273 g/mol. The molecule has 8 heteroatoms. The first-order valence-corrected chi connectivity index (χ1v) is 7.15. The number of aromatic nitrogens is 2. The molecule has 18 heavy (non-hydrogen) atoms. The normalized spacial score (nSPS) is 21.2. The number of nitrogens with one attached hydrogen (secondary N) is 1. The molecule has 0 radical (unpaired) electrons. The SMILES string of the molecule is O=C(O)CCC1CCN(S(=O)(=O)c2cn[nH]c2)C1. The average molecular weight is 273 g/mol. The van der Waals surface area contributed by atoms with Gasteiger partial charge in [-0.3, -0.25) is 9.89 Å². The van der Waals surface area contributed by atoms with E-state index in [1.54, 1.807) is 0 Å². The van der Waals surface area contributed by atoms with Gasteiger partial charge in [-0.1, -0.05) is 0 Å². The number of hydrogen-bond donors (Lipinski definition) is 2. The lowest BCUT2D eigenvalue weighted by molar-refractivity contribution is -0.137. The maximum absolute atomic E-state index is 12.1. The maximum atomic E-state index is 12.1. The van der Waals surface area contributed by atoms with Gasteiger partial charge in [0.1, 0.15) is 4.90 Å². The minimum Gasteiger partial charge on any atom is -0.481 e. The summed E-state index contributed by atoms with van der Waals surface area (Å²) >= 11 is 0. The van der Waals surface area contributed by atoms with Crippen LogP contribution in [0.4, 0.5) is 0 Å². The summed E-state index contributed by atoms with van der Waals surface area (Å²) in [5.41, 5.74) is 0. The van der Waals surface area contributed by atoms with Gasteiger partial charge in [0.15, 0.2) is 0 Å². The van der Waals surface area contributed by atoms with Crippen molar-refractivity contribution in [1.29, 1.82) is 0 Å². The summed E-state index contributed by atoms with van der Waals surface area (Å²) in [6, 6.07) is 0. The molecule has 1 unspecified atom stereocenters. The number of aromatic amines is 1. The lowest BCUT2D eigenvalue weighted by Crippen LogP contribution is -2.28. The fourth-order valence-electron chi connectivity index (χ4n) is 2.11. The molecule has 1 fully saturated rings. The number of aliphatic carboxylic acids is 1. The minimum atomic E-state index is -3.47. The van der Waals surface area contributed by atoms with Gasteiger partial charge in [0.05, 0.1) is 6.20 Å². The zero-order valence-corrected chi connectivity index (χ0v) is 10.6. The molecule has 2 heterocycles. The van der Waals surface area contributed by atoms with Crippen LogP contribution in [0.3, 0.4) is 0 Å². The van der Waals surface area contributed by atoms with Gasteiger partial charge in [-0.15, -0.1) is 0 Å². The molecule has 100 valence electrons. The predicted molar refractivity (Wildman–Crippen MR) is 62.3 cm³/mol. The van der Waals surface area contributed by atoms with E-state index in [-0.39, 0.29) is 17.2 Å². The van der Waals surface area contributed by atoms with E-state index in [0.717, 1.165) is 0 Å². The van der Waals surface area contributed by atoms with Crippen molar-refractivity contribution >= 4 is 16.0 Å². The minimum absolute atomic E-state index is 0.0876. The lowest BCUT2D eigenvalue weighted by atomic mass is 10.0. The fraction of sp³-hybridized carbons (Fsp3) is 0.600. The van der Waals surface area contributed by atoms with Crippen molar-refractivity contribution in [2.45, 2.75) is 24.2 Å². The smallest absolute Gasteiger partial charge is 0.303 e. The fourth-order valence-corrected chi connectivity index (χ4v) is 3.55. The van der Waals surface area contributed by atoms with Crippen LogP contribution in [0.5, 0.6) is 0 Å². The van der Waals surface area contributed by atoms with E-state index in [1.165, 1.54) is 16.7 Å². The van der Waals surface area contributed by atoms with Crippen molar-refractivity contribution in [3.8, 4) is 0 Å². The summed E-state index contributed by atoms with van der Waals surface area (Å²) in [7, 11) is -3.47. The Bertz CT molecular complexity index is 511. The van der Waals surface area contributed by atoms with Crippen molar-refractivity contribution in [2.24, 2.45) is 5.92 Å². The maximum Gasteiger partial charge on any atom is 0.303 e. The highest BCUT2D eigenvalue weighted by Gasteiger charge is 2.32. The van der Waals surface area contributed by atoms with Gasteiger partial charge in [0, 0.05) is 25.7 Å². The second kappa shape index (κ2) is 5.07. The first-order chi connectivity index (χ1) is 8.50. The lowest BCUT2D eigenvalue weighted by Gasteiger charge is -2.14. The molecular formula is C10H15N3O4S. The summed E-state index contributed by atoms with van der Waals surface area (Å²) in [4.78, 5) is 10.6. The first-order valence-electron chi connectivity index (χ1n) is 5.71. The van der Waals surface area contributed by atoms with Gasteiger partial charge in [-0.2, -0.15) is 9.40 Å². The Balaban J connectivity index is 1.99. The molecule has 0 aliphatic carbocycles. The summed E-state index contributed by atoms with van der Waals surface area (Å²) in [6.45, 7) is 0.832. The van der Waals surface area contributed by atoms with Crippen LogP contribution in [0.2, 0.25) is 0 Å². The van der Waals surface area contributed by atoms with E-state index >= 15 is 0 Å². The van der Waals surface area contributed by atoms with Crippen molar-refractivity contribution in [1.82, 2.24) is 14.5 Å². The summed E-state index contributed by atoms with van der Waals surface area (Å²) < 4.78 is 25.7. The average Bonchev–Trinajstić information content (AvgIpc) is 2.98. The second-order valence-corrected chi connectivity index (χ2v) is 6.32. The Morgan fingerprint density at radius 1 is 1.61 bits per heavy atom. The van der Waals surface area contributed by atoms with Gasteiger partial charge in [-0.05, 0) is 18.8 Å². The Hall–Kier alpha value is -1.41. The predicted octanol–water partition coefficient (Wildman–Crippen LogP) is 0.285. The van der Waals surface area contributed by atoms with Crippen LogP contribution in [-0.2, 0) is 14.8 Å². The van der Waals surface area contributed by atoms with E-state index in [1.807, 2.05) is 0 Å². The molecule has 1 saturated heterocycles. The Morgan fingerprint density at radius 2 is 2.39 bits per heavy atom. The summed E-state index contributed by atoms with van der Waals surface area (Å²) in [5, 5.41) is 14.7.